The van der Waals surface area contributed by atoms with Crippen molar-refractivity contribution in [1.29, 1.82) is 0 Å². The number of nitrogens with zero attached hydrogens (tertiary/aromatic N) is 5. The fourth-order valence-electron chi connectivity index (χ4n) is 3.75. The Balaban J connectivity index is 1.48. The second kappa shape index (κ2) is 7.47. The van der Waals surface area contributed by atoms with Gasteiger partial charge in [-0.3, -0.25) is 4.79 Å². The maximum atomic E-state index is 13.4. The number of methoxy groups -OCH3 is 1. The second-order valence-electron chi connectivity index (χ2n) is 7.04. The predicted molar refractivity (Wildman–Crippen MR) is 112 cm³/mol. The van der Waals surface area contributed by atoms with Crippen LogP contribution >= 0.6 is 0 Å². The summed E-state index contributed by atoms with van der Waals surface area (Å²) in [6.07, 6.45) is 6.87. The summed E-state index contributed by atoms with van der Waals surface area (Å²) in [5, 5.41) is 8.35. The van der Waals surface area contributed by atoms with E-state index in [-0.39, 0.29) is 5.91 Å². The van der Waals surface area contributed by atoms with Crippen molar-refractivity contribution < 1.29 is 9.53 Å². The zero-order valence-corrected chi connectivity index (χ0v) is 16.4. The molecule has 5 rings (SSSR count). The van der Waals surface area contributed by atoms with Gasteiger partial charge in [0, 0.05) is 24.4 Å². The Morgan fingerprint density at radius 3 is 2.83 bits per heavy atom. The van der Waals surface area contributed by atoms with Crippen LogP contribution in [0.5, 0.6) is 5.75 Å². The first-order chi connectivity index (χ1) is 14.7. The van der Waals surface area contributed by atoms with Crippen LogP contribution in [0.2, 0.25) is 0 Å². The maximum Gasteiger partial charge on any atom is 0.260 e. The van der Waals surface area contributed by atoms with E-state index in [1.807, 2.05) is 53.4 Å². The number of carbonyl (C=O) groups is 1. The Morgan fingerprint density at radius 2 is 2.00 bits per heavy atom. The molecule has 0 spiro atoms. The predicted octanol–water partition coefficient (Wildman–Crippen LogP) is 3.43. The third kappa shape index (κ3) is 3.22. The number of aromatic amines is 1. The second-order valence-corrected chi connectivity index (χ2v) is 7.04. The lowest BCUT2D eigenvalue weighted by molar-refractivity contribution is 0.0826. The number of benzene rings is 2. The highest BCUT2D eigenvalue weighted by Gasteiger charge is 2.27. The van der Waals surface area contributed by atoms with Crippen molar-refractivity contribution >= 4 is 23.0 Å². The van der Waals surface area contributed by atoms with Gasteiger partial charge in [0.05, 0.1) is 41.8 Å². The van der Waals surface area contributed by atoms with E-state index in [0.717, 1.165) is 41.1 Å². The van der Waals surface area contributed by atoms with Crippen molar-refractivity contribution in [2.45, 2.75) is 12.8 Å². The van der Waals surface area contributed by atoms with Crippen molar-refractivity contribution in [1.82, 2.24) is 29.9 Å². The average molecular weight is 400 g/mol. The van der Waals surface area contributed by atoms with Gasteiger partial charge in [-0.25, -0.2) is 4.98 Å². The van der Waals surface area contributed by atoms with Gasteiger partial charge in [-0.1, -0.05) is 12.1 Å². The minimum atomic E-state index is -0.0653. The van der Waals surface area contributed by atoms with Crippen molar-refractivity contribution in [3.05, 3.63) is 71.9 Å². The average Bonchev–Trinajstić information content (AvgIpc) is 3.53. The Hall–Kier alpha value is -3.94. The molecule has 0 bridgehead atoms. The number of fused-ring (bicyclic) bond motifs is 1. The number of H-pyrrole nitrogens is 1. The first kappa shape index (κ1) is 18.1. The number of amides is 1. The lowest BCUT2D eigenvalue weighted by atomic mass is 10.1. The maximum absolute atomic E-state index is 13.4. The number of carbonyl (C=O) groups excluding carboxylic acids is 1. The van der Waals surface area contributed by atoms with Crippen LogP contribution in [-0.2, 0) is 0 Å². The van der Waals surface area contributed by atoms with Crippen LogP contribution in [0, 0.1) is 0 Å². The molecular weight excluding hydrogens is 380 g/mol. The Morgan fingerprint density at radius 1 is 1.17 bits per heavy atom. The lowest BCUT2D eigenvalue weighted by Crippen LogP contribution is -2.27. The molecule has 30 heavy (non-hydrogen) atoms. The van der Waals surface area contributed by atoms with E-state index in [2.05, 4.69) is 20.2 Å². The van der Waals surface area contributed by atoms with E-state index in [4.69, 9.17) is 4.74 Å². The number of rotatable bonds is 4. The number of para-hydroxylation sites is 1. The number of aromatic nitrogens is 5. The number of likely N-dealkylation sites (tertiary alicyclic amines) is 1. The summed E-state index contributed by atoms with van der Waals surface area (Å²) >= 11 is 0. The van der Waals surface area contributed by atoms with Crippen LogP contribution in [0.1, 0.15) is 29.0 Å². The van der Waals surface area contributed by atoms with E-state index in [9.17, 15) is 4.79 Å². The van der Waals surface area contributed by atoms with Gasteiger partial charge >= 0.3 is 0 Å². The number of allylic oxidation sites excluding steroid dienone is 1. The van der Waals surface area contributed by atoms with Crippen molar-refractivity contribution in [2.24, 2.45) is 0 Å². The van der Waals surface area contributed by atoms with Gasteiger partial charge in [-0.2, -0.15) is 15.0 Å². The molecule has 1 amide bonds. The van der Waals surface area contributed by atoms with Crippen LogP contribution in [0.4, 0.5) is 0 Å². The van der Waals surface area contributed by atoms with Gasteiger partial charge < -0.3 is 14.6 Å². The highest BCUT2D eigenvalue weighted by atomic mass is 16.5. The SMILES string of the molecule is COc1ccc2nc(/C=C3/CCCN3C(=O)c3ccccc3-n3nccn3)[nH]c2c1. The van der Waals surface area contributed by atoms with Crippen LogP contribution in [0.25, 0.3) is 22.8 Å². The van der Waals surface area contributed by atoms with Gasteiger partial charge in [-0.05, 0) is 37.1 Å². The van der Waals surface area contributed by atoms with Gasteiger partial charge in [0.15, 0.2) is 0 Å². The number of ether oxygens (including phenoxy) is 1. The molecule has 1 aliphatic heterocycles. The Bertz CT molecular complexity index is 1240. The fourth-order valence-corrected chi connectivity index (χ4v) is 3.75. The molecule has 1 saturated heterocycles. The molecule has 2 aromatic heterocycles. The summed E-state index contributed by atoms with van der Waals surface area (Å²) in [5.74, 6) is 1.42. The quantitative estimate of drug-likeness (QED) is 0.567. The third-order valence-electron chi connectivity index (χ3n) is 5.19. The largest absolute Gasteiger partial charge is 0.497 e. The lowest BCUT2D eigenvalue weighted by Gasteiger charge is -2.19. The first-order valence-electron chi connectivity index (χ1n) is 9.75. The summed E-state index contributed by atoms with van der Waals surface area (Å²) < 4.78 is 5.28. The summed E-state index contributed by atoms with van der Waals surface area (Å²) in [4.78, 5) is 24.6. The van der Waals surface area contributed by atoms with Crippen molar-refractivity contribution in [3.63, 3.8) is 0 Å². The first-order valence-corrected chi connectivity index (χ1v) is 9.75. The minimum Gasteiger partial charge on any atom is -0.497 e. The van der Waals surface area contributed by atoms with Crippen molar-refractivity contribution in [3.8, 4) is 11.4 Å². The molecule has 150 valence electrons. The highest BCUT2D eigenvalue weighted by Crippen LogP contribution is 2.28. The number of hydrogen-bond donors (Lipinski definition) is 1. The summed E-state index contributed by atoms with van der Waals surface area (Å²) in [6.45, 7) is 0.666. The molecule has 0 unspecified atom stereocenters. The van der Waals surface area contributed by atoms with Crippen LogP contribution in [0.15, 0.2) is 60.6 Å². The number of imidazole rings is 1. The smallest absolute Gasteiger partial charge is 0.260 e. The summed E-state index contributed by atoms with van der Waals surface area (Å²) in [5.41, 5.74) is 3.92. The minimum absolute atomic E-state index is 0.0653. The van der Waals surface area contributed by atoms with E-state index in [0.29, 0.717) is 17.8 Å². The normalized spacial score (nSPS) is 15.2. The molecule has 1 N–H and O–H groups in total. The molecule has 0 aliphatic carbocycles. The Kier molecular flexibility index (Phi) is 4.51. The molecule has 0 atom stereocenters. The monoisotopic (exact) mass is 400 g/mol. The zero-order chi connectivity index (χ0) is 20.5. The molecule has 4 aromatic rings. The van der Waals surface area contributed by atoms with Crippen molar-refractivity contribution in [2.75, 3.05) is 13.7 Å². The van der Waals surface area contributed by atoms with E-state index < -0.39 is 0 Å². The molecule has 0 saturated carbocycles. The Labute approximate surface area is 172 Å². The molecule has 2 aromatic carbocycles. The molecule has 8 heteroatoms. The molecule has 0 radical (unpaired) electrons. The van der Waals surface area contributed by atoms with Crippen LogP contribution < -0.4 is 4.74 Å². The number of nitrogens with one attached hydrogen (secondary N) is 1. The molecule has 1 aliphatic rings. The molecule has 1 fully saturated rings. The van der Waals surface area contributed by atoms with Crippen LogP contribution in [0.3, 0.4) is 0 Å². The van der Waals surface area contributed by atoms with Gasteiger partial charge in [-0.15, -0.1) is 0 Å². The number of hydrogen-bond acceptors (Lipinski definition) is 5. The van der Waals surface area contributed by atoms with Gasteiger partial charge in [0.25, 0.3) is 5.91 Å². The fraction of sp³-hybridized carbons (Fsp3) is 0.182. The third-order valence-corrected chi connectivity index (χ3v) is 5.19. The zero-order valence-electron chi connectivity index (χ0n) is 16.4. The molecule has 3 heterocycles. The van der Waals surface area contributed by atoms with Crippen LogP contribution in [-0.4, -0.2) is 49.4 Å². The topological polar surface area (TPSA) is 88.9 Å². The molecule has 8 nitrogen and oxygen atoms in total. The standard InChI is InChI=1S/C22H20N6O2/c1-30-16-8-9-18-19(14-16)26-21(25-18)13-15-5-4-12-27(15)22(29)17-6-2-3-7-20(17)28-23-10-11-24-28/h2-3,6-11,13-14H,4-5,12H2,1H3,(H,25,26)/b15-13-. The van der Waals surface area contributed by atoms with E-state index in [1.165, 1.54) is 4.80 Å². The molecular formula is C22H20N6O2. The summed E-state index contributed by atoms with van der Waals surface area (Å²) in [6, 6.07) is 13.1. The van der Waals surface area contributed by atoms with Gasteiger partial charge in [0.1, 0.15) is 11.6 Å². The summed E-state index contributed by atoms with van der Waals surface area (Å²) in [7, 11) is 1.64. The van der Waals surface area contributed by atoms with E-state index >= 15 is 0 Å². The highest BCUT2D eigenvalue weighted by molar-refractivity contribution is 5.99. The van der Waals surface area contributed by atoms with Gasteiger partial charge in [0.2, 0.25) is 0 Å². The van der Waals surface area contributed by atoms with E-state index in [1.54, 1.807) is 19.5 Å².